The maximum Gasteiger partial charge on any atom is 0.0957 e. The van der Waals surface area contributed by atoms with Crippen LogP contribution in [0.25, 0.3) is 0 Å². The quantitative estimate of drug-likeness (QED) is 0.687. The molecular formula is C12H24N2O. The molecule has 0 amide bonds. The smallest absolute Gasteiger partial charge is 0.0957 e. The Morgan fingerprint density at radius 1 is 1.40 bits per heavy atom. The summed E-state index contributed by atoms with van der Waals surface area (Å²) in [5, 5.41) is 7.78. The number of likely N-dealkylation sites (tertiary alicyclic amines) is 1. The zero-order valence-electron chi connectivity index (χ0n) is 10.1. The van der Waals surface area contributed by atoms with Crippen LogP contribution in [0.15, 0.2) is 0 Å². The molecule has 88 valence electrons. The summed E-state index contributed by atoms with van der Waals surface area (Å²) in [5.41, 5.74) is 0. The summed E-state index contributed by atoms with van der Waals surface area (Å²) in [7, 11) is 0. The molecule has 0 atom stereocenters. The molecule has 1 heterocycles. The van der Waals surface area contributed by atoms with Crippen LogP contribution in [0.1, 0.15) is 39.5 Å². The van der Waals surface area contributed by atoms with E-state index in [-0.39, 0.29) is 0 Å². The van der Waals surface area contributed by atoms with Crippen molar-refractivity contribution in [3.05, 3.63) is 0 Å². The fourth-order valence-electron chi connectivity index (χ4n) is 1.81. The van der Waals surface area contributed by atoms with E-state index in [0.29, 0.717) is 5.92 Å². The summed E-state index contributed by atoms with van der Waals surface area (Å²) in [5.74, 6) is 1.45. The predicted octanol–water partition coefficient (Wildman–Crippen LogP) is 2.51. The number of rotatable bonds is 6. The minimum Gasteiger partial charge on any atom is -0.381 e. The number of nitrogens with one attached hydrogen (secondary N) is 1. The SMILES string of the molecule is CC(C)COCCCN1CCCCC1=N. The van der Waals surface area contributed by atoms with Gasteiger partial charge in [-0.1, -0.05) is 13.8 Å². The van der Waals surface area contributed by atoms with Crippen molar-refractivity contribution in [2.45, 2.75) is 39.5 Å². The highest BCUT2D eigenvalue weighted by Gasteiger charge is 2.13. The first-order chi connectivity index (χ1) is 7.20. The molecule has 1 saturated heterocycles. The standard InChI is InChI=1S/C12H24N2O/c1-11(2)10-15-9-5-8-14-7-4-3-6-12(14)13/h11,13H,3-10H2,1-2H3. The fourth-order valence-corrected chi connectivity index (χ4v) is 1.81. The first kappa shape index (κ1) is 12.5. The molecule has 1 fully saturated rings. The van der Waals surface area contributed by atoms with E-state index in [9.17, 15) is 0 Å². The van der Waals surface area contributed by atoms with Gasteiger partial charge in [-0.2, -0.15) is 0 Å². The van der Waals surface area contributed by atoms with Gasteiger partial charge in [0.05, 0.1) is 5.84 Å². The molecule has 0 aromatic heterocycles. The molecular weight excluding hydrogens is 188 g/mol. The van der Waals surface area contributed by atoms with Crippen molar-refractivity contribution < 1.29 is 4.74 Å². The van der Waals surface area contributed by atoms with E-state index in [1.165, 1.54) is 12.8 Å². The van der Waals surface area contributed by atoms with Crippen molar-refractivity contribution in [1.29, 1.82) is 5.41 Å². The van der Waals surface area contributed by atoms with Crippen LogP contribution < -0.4 is 0 Å². The van der Waals surface area contributed by atoms with Crippen molar-refractivity contribution in [2.75, 3.05) is 26.3 Å². The largest absolute Gasteiger partial charge is 0.381 e. The van der Waals surface area contributed by atoms with E-state index >= 15 is 0 Å². The van der Waals surface area contributed by atoms with E-state index in [1.54, 1.807) is 0 Å². The molecule has 0 spiro atoms. The van der Waals surface area contributed by atoms with Crippen molar-refractivity contribution in [3.8, 4) is 0 Å². The van der Waals surface area contributed by atoms with Gasteiger partial charge < -0.3 is 9.64 Å². The molecule has 0 aliphatic carbocycles. The highest BCUT2D eigenvalue weighted by molar-refractivity contribution is 5.79. The topological polar surface area (TPSA) is 36.3 Å². The van der Waals surface area contributed by atoms with Crippen LogP contribution in [0.2, 0.25) is 0 Å². The van der Waals surface area contributed by atoms with Crippen molar-refractivity contribution in [2.24, 2.45) is 5.92 Å². The Labute approximate surface area is 93.3 Å². The van der Waals surface area contributed by atoms with Gasteiger partial charge in [0.25, 0.3) is 0 Å². The summed E-state index contributed by atoms with van der Waals surface area (Å²) < 4.78 is 5.52. The molecule has 0 aromatic rings. The van der Waals surface area contributed by atoms with Crippen LogP contribution in [0.3, 0.4) is 0 Å². The maximum absolute atomic E-state index is 7.78. The number of hydrogen-bond acceptors (Lipinski definition) is 2. The highest BCUT2D eigenvalue weighted by Crippen LogP contribution is 2.10. The summed E-state index contributed by atoms with van der Waals surface area (Å²) in [6, 6.07) is 0. The van der Waals surface area contributed by atoms with Crippen LogP contribution in [0.4, 0.5) is 0 Å². The zero-order valence-corrected chi connectivity index (χ0v) is 10.1. The average Bonchev–Trinajstić information content (AvgIpc) is 2.20. The Balaban J connectivity index is 2.01. The van der Waals surface area contributed by atoms with Crippen LogP contribution in [0, 0.1) is 11.3 Å². The summed E-state index contributed by atoms with van der Waals surface area (Å²) in [6.07, 6.45) is 4.45. The summed E-state index contributed by atoms with van der Waals surface area (Å²) in [6.45, 7) is 8.10. The third-order valence-electron chi connectivity index (χ3n) is 2.64. The van der Waals surface area contributed by atoms with Crippen molar-refractivity contribution >= 4 is 5.84 Å². The van der Waals surface area contributed by atoms with Crippen molar-refractivity contribution in [1.82, 2.24) is 4.90 Å². The van der Waals surface area contributed by atoms with Crippen LogP contribution >= 0.6 is 0 Å². The van der Waals surface area contributed by atoms with Crippen LogP contribution in [-0.4, -0.2) is 37.0 Å². The molecule has 0 aromatic carbocycles. The fraction of sp³-hybridized carbons (Fsp3) is 0.917. The van der Waals surface area contributed by atoms with Gasteiger partial charge in [-0.05, 0) is 25.2 Å². The van der Waals surface area contributed by atoms with E-state index < -0.39 is 0 Å². The van der Waals surface area contributed by atoms with Gasteiger partial charge in [0.15, 0.2) is 0 Å². The molecule has 1 rings (SSSR count). The summed E-state index contributed by atoms with van der Waals surface area (Å²) in [4.78, 5) is 2.20. The van der Waals surface area contributed by atoms with Gasteiger partial charge in [0.2, 0.25) is 0 Å². The average molecular weight is 212 g/mol. The number of ether oxygens (including phenoxy) is 1. The minimum absolute atomic E-state index is 0.623. The van der Waals surface area contributed by atoms with Gasteiger partial charge in [-0.15, -0.1) is 0 Å². The number of nitrogens with zero attached hydrogens (tertiary/aromatic N) is 1. The van der Waals surface area contributed by atoms with E-state index in [1.807, 2.05) is 0 Å². The molecule has 0 saturated carbocycles. The van der Waals surface area contributed by atoms with E-state index in [4.69, 9.17) is 10.1 Å². The lowest BCUT2D eigenvalue weighted by molar-refractivity contribution is 0.103. The monoisotopic (exact) mass is 212 g/mol. The zero-order chi connectivity index (χ0) is 11.1. The second kappa shape index (κ2) is 6.83. The molecule has 0 radical (unpaired) electrons. The Morgan fingerprint density at radius 3 is 2.87 bits per heavy atom. The molecule has 1 aliphatic heterocycles. The molecule has 0 unspecified atom stereocenters. The van der Waals surface area contributed by atoms with Gasteiger partial charge in [0, 0.05) is 32.7 Å². The number of piperidine rings is 1. The Morgan fingerprint density at radius 2 is 2.20 bits per heavy atom. The van der Waals surface area contributed by atoms with E-state index in [2.05, 4.69) is 18.7 Å². The minimum atomic E-state index is 0.623. The lowest BCUT2D eigenvalue weighted by Gasteiger charge is -2.29. The van der Waals surface area contributed by atoms with Crippen LogP contribution in [-0.2, 0) is 4.74 Å². The molecule has 3 nitrogen and oxygen atoms in total. The number of hydrogen-bond donors (Lipinski definition) is 1. The third kappa shape index (κ3) is 5.17. The van der Waals surface area contributed by atoms with Gasteiger partial charge >= 0.3 is 0 Å². The van der Waals surface area contributed by atoms with E-state index in [0.717, 1.165) is 45.0 Å². The Hall–Kier alpha value is -0.570. The predicted molar refractivity (Wildman–Crippen MR) is 63.4 cm³/mol. The first-order valence-electron chi connectivity index (χ1n) is 6.10. The van der Waals surface area contributed by atoms with Crippen LogP contribution in [0.5, 0.6) is 0 Å². The molecule has 1 aliphatic rings. The second-order valence-corrected chi connectivity index (χ2v) is 4.71. The Bertz CT molecular complexity index is 192. The molecule has 3 heteroatoms. The van der Waals surface area contributed by atoms with Crippen molar-refractivity contribution in [3.63, 3.8) is 0 Å². The molecule has 15 heavy (non-hydrogen) atoms. The second-order valence-electron chi connectivity index (χ2n) is 4.71. The Kier molecular flexibility index (Phi) is 5.69. The maximum atomic E-state index is 7.78. The molecule has 1 N–H and O–H groups in total. The molecule has 0 bridgehead atoms. The van der Waals surface area contributed by atoms with Gasteiger partial charge in [-0.25, -0.2) is 0 Å². The number of amidine groups is 1. The summed E-state index contributed by atoms with van der Waals surface area (Å²) >= 11 is 0. The van der Waals surface area contributed by atoms with Gasteiger partial charge in [0.1, 0.15) is 0 Å². The third-order valence-corrected chi connectivity index (χ3v) is 2.64. The lowest BCUT2D eigenvalue weighted by atomic mass is 10.1. The first-order valence-corrected chi connectivity index (χ1v) is 6.10. The normalized spacial score (nSPS) is 17.5. The lowest BCUT2D eigenvalue weighted by Crippen LogP contribution is -2.35. The highest BCUT2D eigenvalue weighted by atomic mass is 16.5. The van der Waals surface area contributed by atoms with Gasteiger partial charge in [-0.3, -0.25) is 5.41 Å².